The number of fused-ring (bicyclic) bond motifs is 1. The highest BCUT2D eigenvalue weighted by atomic mass is 35.5. The molecule has 6 nitrogen and oxygen atoms in total. The molecular weight excluding hydrogens is 370 g/mol. The van der Waals surface area contributed by atoms with Gasteiger partial charge in [-0.05, 0) is 17.7 Å². The van der Waals surface area contributed by atoms with Crippen LogP contribution in [-0.2, 0) is 21.2 Å². The Morgan fingerprint density at radius 2 is 2.08 bits per heavy atom. The van der Waals surface area contributed by atoms with E-state index in [0.29, 0.717) is 16.7 Å². The normalized spacial score (nSPS) is 26.3. The SMILES string of the molecule is N#CCC(=O)N=C1S[C@@H]2CS(=O)(=O)C[C@H]2N1Cc1ccc(Cl)cc1. The Kier molecular flexibility index (Phi) is 4.85. The molecule has 2 heterocycles. The summed E-state index contributed by atoms with van der Waals surface area (Å²) in [7, 11) is -3.08. The molecule has 1 aromatic rings. The van der Waals surface area contributed by atoms with Gasteiger partial charge in [-0.15, -0.1) is 0 Å². The number of rotatable bonds is 3. The number of carbonyl (C=O) groups excluding carboxylic acids is 1. The summed E-state index contributed by atoms with van der Waals surface area (Å²) in [6.07, 6.45) is -0.285. The lowest BCUT2D eigenvalue weighted by molar-refractivity contribution is -0.116. The van der Waals surface area contributed by atoms with E-state index in [2.05, 4.69) is 4.99 Å². The van der Waals surface area contributed by atoms with Crippen molar-refractivity contribution < 1.29 is 13.2 Å². The average molecular weight is 384 g/mol. The van der Waals surface area contributed by atoms with Crippen molar-refractivity contribution in [3.05, 3.63) is 34.9 Å². The summed E-state index contributed by atoms with van der Waals surface area (Å²) in [4.78, 5) is 17.6. The van der Waals surface area contributed by atoms with Gasteiger partial charge in [0.1, 0.15) is 6.42 Å². The number of aliphatic imine (C=N–C) groups is 1. The van der Waals surface area contributed by atoms with Crippen molar-refractivity contribution in [2.24, 2.45) is 4.99 Å². The van der Waals surface area contributed by atoms with Crippen molar-refractivity contribution in [1.29, 1.82) is 5.26 Å². The van der Waals surface area contributed by atoms with Crippen molar-refractivity contribution in [1.82, 2.24) is 4.90 Å². The molecule has 2 fully saturated rings. The Morgan fingerprint density at radius 1 is 1.38 bits per heavy atom. The zero-order chi connectivity index (χ0) is 17.3. The first-order chi connectivity index (χ1) is 11.4. The van der Waals surface area contributed by atoms with Crippen molar-refractivity contribution in [3.8, 4) is 6.07 Å². The number of amidine groups is 1. The quantitative estimate of drug-likeness (QED) is 0.791. The lowest BCUT2D eigenvalue weighted by Crippen LogP contribution is -2.37. The standard InChI is InChI=1S/C15H14ClN3O3S2/c16-11-3-1-10(2-4-11)7-19-12-8-24(21,22)9-13(12)23-15(19)18-14(20)5-6-17/h1-4,12-13H,5,7-9H2/t12-,13-/m1/s1. The Bertz CT molecular complexity index is 831. The van der Waals surface area contributed by atoms with Gasteiger partial charge in [0.2, 0.25) is 0 Å². The Hall–Kier alpha value is -1.56. The molecule has 0 unspecified atom stereocenters. The van der Waals surface area contributed by atoms with E-state index in [0.717, 1.165) is 5.56 Å². The lowest BCUT2D eigenvalue weighted by Gasteiger charge is -2.24. The fourth-order valence-electron chi connectivity index (χ4n) is 2.82. The maximum Gasteiger partial charge on any atom is 0.262 e. The van der Waals surface area contributed by atoms with Gasteiger partial charge in [0.05, 0.1) is 23.6 Å². The van der Waals surface area contributed by atoms with Crippen molar-refractivity contribution in [2.45, 2.75) is 24.3 Å². The molecule has 2 atom stereocenters. The highest BCUT2D eigenvalue weighted by molar-refractivity contribution is 8.15. The molecular formula is C15H14ClN3O3S2. The van der Waals surface area contributed by atoms with Crippen LogP contribution in [0.3, 0.4) is 0 Å². The molecule has 0 N–H and O–H groups in total. The summed E-state index contributed by atoms with van der Waals surface area (Å²) in [5.74, 6) is -0.363. The summed E-state index contributed by atoms with van der Waals surface area (Å²) in [6, 6.07) is 8.82. The number of nitrogens with zero attached hydrogens (tertiary/aromatic N) is 3. The Morgan fingerprint density at radius 3 is 2.75 bits per heavy atom. The van der Waals surface area contributed by atoms with Crippen LogP contribution < -0.4 is 0 Å². The second-order valence-electron chi connectivity index (χ2n) is 5.68. The van der Waals surface area contributed by atoms with Crippen LogP contribution in [0.15, 0.2) is 29.3 Å². The minimum Gasteiger partial charge on any atom is -0.342 e. The highest BCUT2D eigenvalue weighted by Gasteiger charge is 2.48. The van der Waals surface area contributed by atoms with Crippen molar-refractivity contribution in [2.75, 3.05) is 11.5 Å². The number of sulfone groups is 1. The molecule has 2 aliphatic rings. The molecule has 3 rings (SSSR count). The molecule has 9 heteroatoms. The third kappa shape index (κ3) is 3.74. The van der Waals surface area contributed by atoms with Gasteiger partial charge >= 0.3 is 0 Å². The largest absolute Gasteiger partial charge is 0.342 e. The third-order valence-electron chi connectivity index (χ3n) is 3.89. The van der Waals surface area contributed by atoms with E-state index >= 15 is 0 Å². The molecule has 24 heavy (non-hydrogen) atoms. The smallest absolute Gasteiger partial charge is 0.262 e. The van der Waals surface area contributed by atoms with E-state index in [-0.39, 0.29) is 29.2 Å². The second kappa shape index (κ2) is 6.75. The van der Waals surface area contributed by atoms with Crippen LogP contribution in [0.1, 0.15) is 12.0 Å². The van der Waals surface area contributed by atoms with Gasteiger partial charge in [-0.3, -0.25) is 4.79 Å². The van der Waals surface area contributed by atoms with Crippen LogP contribution in [0.2, 0.25) is 5.02 Å². The molecule has 2 saturated heterocycles. The third-order valence-corrected chi connectivity index (χ3v) is 7.39. The molecule has 126 valence electrons. The maximum absolute atomic E-state index is 11.9. The fraction of sp³-hybridized carbons (Fsp3) is 0.400. The Balaban J connectivity index is 1.88. The summed E-state index contributed by atoms with van der Waals surface area (Å²) in [6.45, 7) is 0.444. The molecule has 1 aromatic carbocycles. The summed E-state index contributed by atoms with van der Waals surface area (Å²) in [5.41, 5.74) is 0.949. The first-order valence-electron chi connectivity index (χ1n) is 7.24. The fourth-order valence-corrected chi connectivity index (χ4v) is 6.92. The number of nitriles is 1. The van der Waals surface area contributed by atoms with Gasteiger partial charge in [0.25, 0.3) is 5.91 Å². The zero-order valence-corrected chi connectivity index (χ0v) is 14.9. The van der Waals surface area contributed by atoms with Crippen LogP contribution in [0.5, 0.6) is 0 Å². The molecule has 0 spiro atoms. The van der Waals surface area contributed by atoms with Gasteiger partial charge in [-0.25, -0.2) is 8.42 Å². The number of amides is 1. The zero-order valence-electron chi connectivity index (χ0n) is 12.6. The van der Waals surface area contributed by atoms with E-state index in [1.54, 1.807) is 18.2 Å². The first kappa shape index (κ1) is 17.3. The lowest BCUT2D eigenvalue weighted by atomic mass is 10.1. The molecule has 0 radical (unpaired) electrons. The van der Waals surface area contributed by atoms with Crippen molar-refractivity contribution in [3.63, 3.8) is 0 Å². The number of benzene rings is 1. The van der Waals surface area contributed by atoms with Crippen LogP contribution in [0, 0.1) is 11.3 Å². The maximum atomic E-state index is 11.9. The van der Waals surface area contributed by atoms with Crippen LogP contribution in [0.25, 0.3) is 0 Å². The number of thioether (sulfide) groups is 1. The molecule has 2 aliphatic heterocycles. The van der Waals surface area contributed by atoms with Gasteiger partial charge in [-0.2, -0.15) is 10.3 Å². The summed E-state index contributed by atoms with van der Waals surface area (Å²) < 4.78 is 23.8. The predicted octanol–water partition coefficient (Wildman–Crippen LogP) is 1.85. The average Bonchev–Trinajstić information content (AvgIpc) is 2.95. The van der Waals surface area contributed by atoms with Crippen LogP contribution >= 0.6 is 23.4 Å². The van der Waals surface area contributed by atoms with Gasteiger partial charge < -0.3 is 4.90 Å². The number of hydrogen-bond acceptors (Lipinski definition) is 5. The minimum atomic E-state index is -3.08. The highest BCUT2D eigenvalue weighted by Crippen LogP contribution is 2.39. The number of carbonyl (C=O) groups is 1. The molecule has 0 aromatic heterocycles. The predicted molar refractivity (Wildman–Crippen MR) is 93.5 cm³/mol. The molecule has 1 amide bonds. The monoisotopic (exact) mass is 383 g/mol. The topological polar surface area (TPSA) is 90.6 Å². The van der Waals surface area contributed by atoms with E-state index < -0.39 is 15.7 Å². The van der Waals surface area contributed by atoms with Gasteiger partial charge in [-0.1, -0.05) is 35.5 Å². The molecule has 0 aliphatic carbocycles. The molecule has 0 saturated carbocycles. The van der Waals surface area contributed by atoms with E-state index in [9.17, 15) is 13.2 Å². The van der Waals surface area contributed by atoms with Crippen LogP contribution in [0.4, 0.5) is 0 Å². The summed E-state index contributed by atoms with van der Waals surface area (Å²) in [5, 5.41) is 9.60. The molecule has 0 bridgehead atoms. The van der Waals surface area contributed by atoms with Crippen LogP contribution in [-0.4, -0.2) is 47.2 Å². The second-order valence-corrected chi connectivity index (χ2v) is 9.47. The van der Waals surface area contributed by atoms with Gasteiger partial charge in [0.15, 0.2) is 15.0 Å². The minimum absolute atomic E-state index is 0.0592. The van der Waals surface area contributed by atoms with E-state index in [1.165, 1.54) is 11.8 Å². The Labute approximate surface area is 149 Å². The first-order valence-corrected chi connectivity index (χ1v) is 10.3. The van der Waals surface area contributed by atoms with Crippen molar-refractivity contribution >= 4 is 44.3 Å². The van der Waals surface area contributed by atoms with Gasteiger partial charge in [0, 0.05) is 16.8 Å². The number of hydrogen-bond donors (Lipinski definition) is 0. The van der Waals surface area contributed by atoms with E-state index in [4.69, 9.17) is 16.9 Å². The van der Waals surface area contributed by atoms with E-state index in [1.807, 2.05) is 17.0 Å². The number of halogens is 1. The summed E-state index contributed by atoms with van der Waals surface area (Å²) >= 11 is 7.20.